The van der Waals surface area contributed by atoms with Crippen molar-refractivity contribution in [3.8, 4) is 11.8 Å². The molecule has 2 aromatic heterocycles. The molecule has 0 radical (unpaired) electrons. The lowest BCUT2D eigenvalue weighted by molar-refractivity contribution is 0.900. The van der Waals surface area contributed by atoms with Gasteiger partial charge >= 0.3 is 0 Å². The SMILES string of the molecule is Brc1ccc2c(c1)c1cc(Br)ccc1n2CC#CCn1c2ccc(Br)cc2c2cc(Br)ccc21. The van der Waals surface area contributed by atoms with Crippen LogP contribution in [0.5, 0.6) is 0 Å². The topological polar surface area (TPSA) is 9.86 Å². The van der Waals surface area contributed by atoms with Crippen LogP contribution in [0.3, 0.4) is 0 Å². The molecule has 34 heavy (non-hydrogen) atoms. The number of hydrogen-bond donors (Lipinski definition) is 0. The summed E-state index contributed by atoms with van der Waals surface area (Å²) >= 11 is 14.5. The molecule has 0 saturated heterocycles. The molecule has 0 amide bonds. The maximum Gasteiger partial charge on any atom is 0.0844 e. The molecule has 2 heterocycles. The molecule has 0 spiro atoms. The van der Waals surface area contributed by atoms with Crippen LogP contribution in [-0.2, 0) is 13.1 Å². The first-order valence-electron chi connectivity index (χ1n) is 10.7. The highest BCUT2D eigenvalue weighted by Crippen LogP contribution is 2.34. The molecule has 6 aromatic rings. The van der Waals surface area contributed by atoms with E-state index in [9.17, 15) is 0 Å². The van der Waals surface area contributed by atoms with Crippen LogP contribution in [0.1, 0.15) is 0 Å². The van der Waals surface area contributed by atoms with Gasteiger partial charge in [-0.3, -0.25) is 0 Å². The molecule has 0 bridgehead atoms. The van der Waals surface area contributed by atoms with E-state index in [-0.39, 0.29) is 0 Å². The molecule has 0 aliphatic heterocycles. The molecule has 6 rings (SSSR count). The van der Waals surface area contributed by atoms with Crippen molar-refractivity contribution in [1.82, 2.24) is 9.13 Å². The first kappa shape index (κ1) is 22.4. The van der Waals surface area contributed by atoms with Crippen LogP contribution < -0.4 is 0 Å². The molecule has 0 fully saturated rings. The number of rotatable bonds is 2. The van der Waals surface area contributed by atoms with E-state index in [0.717, 1.165) is 17.9 Å². The van der Waals surface area contributed by atoms with Crippen molar-refractivity contribution in [2.45, 2.75) is 13.1 Å². The van der Waals surface area contributed by atoms with E-state index in [4.69, 9.17) is 0 Å². The van der Waals surface area contributed by atoms with Gasteiger partial charge in [-0.15, -0.1) is 0 Å². The third-order valence-electron chi connectivity index (χ3n) is 6.18. The smallest absolute Gasteiger partial charge is 0.0844 e. The van der Waals surface area contributed by atoms with E-state index in [2.05, 4.69) is 157 Å². The largest absolute Gasteiger partial charge is 0.329 e. The Morgan fingerprint density at radius 2 is 0.706 bits per heavy atom. The normalized spacial score (nSPS) is 11.5. The van der Waals surface area contributed by atoms with Crippen molar-refractivity contribution in [3.63, 3.8) is 0 Å². The van der Waals surface area contributed by atoms with Gasteiger partial charge in [0.15, 0.2) is 0 Å². The van der Waals surface area contributed by atoms with Gasteiger partial charge < -0.3 is 9.13 Å². The lowest BCUT2D eigenvalue weighted by Gasteiger charge is -2.04. The van der Waals surface area contributed by atoms with Gasteiger partial charge in [0, 0.05) is 39.4 Å². The van der Waals surface area contributed by atoms with Gasteiger partial charge in [0.2, 0.25) is 0 Å². The molecular formula is C28H16Br4N2. The predicted octanol–water partition coefficient (Wildman–Crippen LogP) is 9.66. The summed E-state index contributed by atoms with van der Waals surface area (Å²) in [7, 11) is 0. The highest BCUT2D eigenvalue weighted by atomic mass is 79.9. The van der Waals surface area contributed by atoms with Crippen LogP contribution in [0.4, 0.5) is 0 Å². The monoisotopic (exact) mass is 696 g/mol. The third kappa shape index (κ3) is 3.83. The minimum Gasteiger partial charge on any atom is -0.329 e. The van der Waals surface area contributed by atoms with Crippen LogP contribution in [0.15, 0.2) is 90.7 Å². The molecule has 0 saturated carbocycles. The van der Waals surface area contributed by atoms with Gasteiger partial charge in [-0.25, -0.2) is 0 Å². The van der Waals surface area contributed by atoms with Gasteiger partial charge in [0.1, 0.15) is 0 Å². The zero-order chi connectivity index (χ0) is 23.4. The first-order valence-corrected chi connectivity index (χ1v) is 13.9. The Balaban J connectivity index is 1.41. The molecule has 0 unspecified atom stereocenters. The fourth-order valence-corrected chi connectivity index (χ4v) is 6.15. The molecule has 0 aliphatic rings. The zero-order valence-electron chi connectivity index (χ0n) is 17.7. The van der Waals surface area contributed by atoms with E-state index in [1.165, 1.54) is 43.6 Å². The zero-order valence-corrected chi connectivity index (χ0v) is 24.1. The quantitative estimate of drug-likeness (QED) is 0.159. The van der Waals surface area contributed by atoms with Crippen molar-refractivity contribution < 1.29 is 0 Å². The Bertz CT molecular complexity index is 1570. The Labute approximate surface area is 230 Å². The Kier molecular flexibility index (Phi) is 5.85. The van der Waals surface area contributed by atoms with E-state index in [1.54, 1.807) is 0 Å². The average molecular weight is 700 g/mol. The number of hydrogen-bond acceptors (Lipinski definition) is 0. The highest BCUT2D eigenvalue weighted by Gasteiger charge is 2.12. The number of nitrogens with zero attached hydrogens (tertiary/aromatic N) is 2. The van der Waals surface area contributed by atoms with Crippen molar-refractivity contribution in [2.24, 2.45) is 0 Å². The minimum atomic E-state index is 0.636. The summed E-state index contributed by atoms with van der Waals surface area (Å²) in [6.07, 6.45) is 0. The molecule has 4 aromatic carbocycles. The molecule has 0 atom stereocenters. The van der Waals surface area contributed by atoms with Crippen LogP contribution in [-0.4, -0.2) is 9.13 Å². The standard InChI is InChI=1S/C28H16Br4N2/c29-17-3-7-25-21(13-17)22-14-18(30)4-8-26(22)33(25)11-1-2-12-34-27-9-5-19(31)15-23(27)24-16-20(32)6-10-28(24)34/h3-10,13-16H,11-12H2. The van der Waals surface area contributed by atoms with Gasteiger partial charge in [0.05, 0.1) is 35.2 Å². The van der Waals surface area contributed by atoms with Crippen molar-refractivity contribution in [2.75, 3.05) is 0 Å². The van der Waals surface area contributed by atoms with E-state index in [1.807, 2.05) is 0 Å². The van der Waals surface area contributed by atoms with Gasteiger partial charge in [-0.1, -0.05) is 75.6 Å². The Morgan fingerprint density at radius 1 is 0.441 bits per heavy atom. The highest BCUT2D eigenvalue weighted by molar-refractivity contribution is 9.11. The van der Waals surface area contributed by atoms with E-state index in [0.29, 0.717) is 13.1 Å². The number of fused-ring (bicyclic) bond motifs is 6. The third-order valence-corrected chi connectivity index (χ3v) is 8.15. The maximum atomic E-state index is 3.62. The summed E-state index contributed by atoms with van der Waals surface area (Å²) in [6, 6.07) is 25.8. The molecule has 166 valence electrons. The molecular weight excluding hydrogens is 684 g/mol. The van der Waals surface area contributed by atoms with Gasteiger partial charge in [-0.05, 0) is 72.8 Å². The molecule has 0 aliphatic carbocycles. The molecule has 2 nitrogen and oxygen atoms in total. The van der Waals surface area contributed by atoms with E-state index >= 15 is 0 Å². The first-order chi connectivity index (χ1) is 16.5. The van der Waals surface area contributed by atoms with Gasteiger partial charge in [-0.2, -0.15) is 0 Å². The molecule has 6 heteroatoms. The second kappa shape index (κ2) is 8.87. The maximum absolute atomic E-state index is 3.62. The minimum absolute atomic E-state index is 0.636. The van der Waals surface area contributed by atoms with Crippen molar-refractivity contribution in [3.05, 3.63) is 90.7 Å². The summed E-state index contributed by atoms with van der Waals surface area (Å²) in [5, 5.41) is 4.91. The number of halogens is 4. The average Bonchev–Trinajstić information content (AvgIpc) is 3.28. The van der Waals surface area contributed by atoms with Crippen LogP contribution in [0.25, 0.3) is 43.6 Å². The predicted molar refractivity (Wildman–Crippen MR) is 157 cm³/mol. The van der Waals surface area contributed by atoms with E-state index < -0.39 is 0 Å². The number of benzene rings is 4. The van der Waals surface area contributed by atoms with Crippen LogP contribution >= 0.6 is 63.7 Å². The van der Waals surface area contributed by atoms with Crippen LogP contribution in [0, 0.1) is 11.8 Å². The lowest BCUT2D eigenvalue weighted by atomic mass is 10.2. The Morgan fingerprint density at radius 3 is 0.971 bits per heavy atom. The summed E-state index contributed by atoms with van der Waals surface area (Å²) in [6.45, 7) is 1.27. The fraction of sp³-hybridized carbons (Fsp3) is 0.0714. The summed E-state index contributed by atoms with van der Waals surface area (Å²) in [5.74, 6) is 6.88. The Hall–Kier alpha value is -2.04. The lowest BCUT2D eigenvalue weighted by Crippen LogP contribution is -1.97. The number of aromatic nitrogens is 2. The second-order valence-electron chi connectivity index (χ2n) is 8.17. The second-order valence-corrected chi connectivity index (χ2v) is 11.8. The molecule has 0 N–H and O–H groups in total. The summed E-state index contributed by atoms with van der Waals surface area (Å²) in [5.41, 5.74) is 4.77. The van der Waals surface area contributed by atoms with Crippen molar-refractivity contribution in [1.29, 1.82) is 0 Å². The van der Waals surface area contributed by atoms with Gasteiger partial charge in [0.25, 0.3) is 0 Å². The van der Waals surface area contributed by atoms with Crippen LogP contribution in [0.2, 0.25) is 0 Å². The summed E-state index contributed by atoms with van der Waals surface area (Å²) < 4.78 is 8.92. The fourth-order valence-electron chi connectivity index (χ4n) is 4.71. The van der Waals surface area contributed by atoms with Crippen molar-refractivity contribution >= 4 is 107 Å². The summed E-state index contributed by atoms with van der Waals surface area (Å²) in [4.78, 5) is 0.